The summed E-state index contributed by atoms with van der Waals surface area (Å²) >= 11 is 3.36. The summed E-state index contributed by atoms with van der Waals surface area (Å²) < 4.78 is 24.7. The van der Waals surface area contributed by atoms with Crippen LogP contribution in [0.4, 0.5) is 0 Å². The summed E-state index contributed by atoms with van der Waals surface area (Å²) in [6, 6.07) is 7.98. The maximum absolute atomic E-state index is 11.8. The maximum atomic E-state index is 11.8. The third-order valence-electron chi connectivity index (χ3n) is 3.00. The molecule has 0 spiro atoms. The van der Waals surface area contributed by atoms with Gasteiger partial charge in [-0.1, -0.05) is 28.1 Å². The number of halogens is 1. The van der Waals surface area contributed by atoms with Crippen molar-refractivity contribution < 1.29 is 8.42 Å². The van der Waals surface area contributed by atoms with Crippen molar-refractivity contribution in [3.05, 3.63) is 34.3 Å². The zero-order chi connectivity index (χ0) is 12.3. The van der Waals surface area contributed by atoms with Gasteiger partial charge in [0.05, 0.1) is 11.5 Å². The molecule has 1 aromatic carbocycles. The van der Waals surface area contributed by atoms with Crippen LogP contribution in [0.5, 0.6) is 0 Å². The molecule has 1 heterocycles. The number of hydrogen-bond donors (Lipinski definition) is 1. The average Bonchev–Trinajstić information content (AvgIpc) is 2.23. The topological polar surface area (TPSA) is 46.2 Å². The van der Waals surface area contributed by atoms with E-state index in [0.29, 0.717) is 6.42 Å². The summed E-state index contributed by atoms with van der Waals surface area (Å²) in [7, 11) is -2.92. The predicted octanol–water partition coefficient (Wildman–Crippen LogP) is 1.77. The Kier molecular flexibility index (Phi) is 4.22. The van der Waals surface area contributed by atoms with Crippen molar-refractivity contribution in [1.82, 2.24) is 5.32 Å². The van der Waals surface area contributed by atoms with E-state index in [2.05, 4.69) is 21.2 Å². The third-order valence-corrected chi connectivity index (χ3v) is 5.26. The number of nitrogens with one attached hydrogen (secondary N) is 1. The largest absolute Gasteiger partial charge is 0.313 e. The van der Waals surface area contributed by atoms with Crippen molar-refractivity contribution in [3.63, 3.8) is 0 Å². The van der Waals surface area contributed by atoms with Crippen LogP contribution in [0.1, 0.15) is 12.0 Å². The molecule has 1 atom stereocenters. The van der Waals surface area contributed by atoms with Gasteiger partial charge in [-0.05, 0) is 37.1 Å². The van der Waals surface area contributed by atoms with Gasteiger partial charge in [-0.2, -0.15) is 0 Å². The van der Waals surface area contributed by atoms with Crippen molar-refractivity contribution in [2.45, 2.75) is 18.9 Å². The molecule has 1 unspecified atom stereocenters. The van der Waals surface area contributed by atoms with E-state index >= 15 is 0 Å². The molecule has 0 radical (unpaired) electrons. The molecule has 17 heavy (non-hydrogen) atoms. The zero-order valence-corrected chi connectivity index (χ0v) is 11.9. The molecule has 1 saturated heterocycles. The van der Waals surface area contributed by atoms with E-state index in [9.17, 15) is 8.42 Å². The van der Waals surface area contributed by atoms with Crippen molar-refractivity contribution in [2.24, 2.45) is 0 Å². The lowest BCUT2D eigenvalue weighted by Gasteiger charge is -2.27. The zero-order valence-electron chi connectivity index (χ0n) is 9.52. The summed E-state index contributed by atoms with van der Waals surface area (Å²) in [6.07, 6.45) is 1.58. The van der Waals surface area contributed by atoms with Crippen molar-refractivity contribution in [2.75, 3.05) is 18.1 Å². The summed E-state index contributed by atoms with van der Waals surface area (Å²) in [5.74, 6) is 0.524. The minimum absolute atomic E-state index is 0.185. The van der Waals surface area contributed by atoms with Crippen LogP contribution in [0.2, 0.25) is 0 Å². The molecule has 94 valence electrons. The Balaban J connectivity index is 1.86. The molecule has 1 aliphatic rings. The average molecular weight is 318 g/mol. The Labute approximate surface area is 111 Å². The van der Waals surface area contributed by atoms with Crippen LogP contribution < -0.4 is 5.32 Å². The Morgan fingerprint density at radius 1 is 1.29 bits per heavy atom. The lowest BCUT2D eigenvalue weighted by atomic mass is 10.1. The summed E-state index contributed by atoms with van der Waals surface area (Å²) in [4.78, 5) is 0. The molecule has 1 aromatic rings. The van der Waals surface area contributed by atoms with Crippen LogP contribution in [0.3, 0.4) is 0 Å². The molecule has 1 aliphatic heterocycles. The highest BCUT2D eigenvalue weighted by Gasteiger charge is 2.23. The molecule has 1 N–H and O–H groups in total. The second-order valence-corrected chi connectivity index (χ2v) is 7.57. The highest BCUT2D eigenvalue weighted by atomic mass is 79.9. The fourth-order valence-corrected chi connectivity index (χ4v) is 3.68. The Morgan fingerprint density at radius 2 is 1.94 bits per heavy atom. The first-order valence-corrected chi connectivity index (χ1v) is 8.35. The SMILES string of the molecule is O=S(=O)(CCc1ccc(Br)cc1)CC1CCN1. The first kappa shape index (κ1) is 13.1. The first-order valence-electron chi connectivity index (χ1n) is 5.73. The van der Waals surface area contributed by atoms with E-state index in [4.69, 9.17) is 0 Å². The molecule has 0 saturated carbocycles. The van der Waals surface area contributed by atoms with E-state index < -0.39 is 9.84 Å². The fraction of sp³-hybridized carbons (Fsp3) is 0.500. The van der Waals surface area contributed by atoms with Gasteiger partial charge in [0, 0.05) is 10.5 Å². The van der Waals surface area contributed by atoms with Crippen LogP contribution >= 0.6 is 15.9 Å². The van der Waals surface area contributed by atoms with E-state index in [1.807, 2.05) is 24.3 Å². The summed E-state index contributed by atoms with van der Waals surface area (Å²) in [5, 5.41) is 3.12. The molecule has 0 bridgehead atoms. The van der Waals surface area contributed by atoms with Crippen LogP contribution in [-0.4, -0.2) is 32.5 Å². The minimum Gasteiger partial charge on any atom is -0.313 e. The Bertz CT molecular complexity index is 466. The predicted molar refractivity (Wildman–Crippen MR) is 72.9 cm³/mol. The lowest BCUT2D eigenvalue weighted by Crippen LogP contribution is -2.47. The van der Waals surface area contributed by atoms with E-state index in [-0.39, 0.29) is 17.5 Å². The lowest BCUT2D eigenvalue weighted by molar-refractivity contribution is 0.399. The second-order valence-electron chi connectivity index (χ2n) is 4.43. The monoisotopic (exact) mass is 317 g/mol. The van der Waals surface area contributed by atoms with Crippen LogP contribution in [0.25, 0.3) is 0 Å². The molecule has 0 amide bonds. The van der Waals surface area contributed by atoms with Gasteiger partial charge in [0.25, 0.3) is 0 Å². The van der Waals surface area contributed by atoms with Crippen molar-refractivity contribution in [3.8, 4) is 0 Å². The number of rotatable bonds is 5. The number of hydrogen-bond acceptors (Lipinski definition) is 3. The highest BCUT2D eigenvalue weighted by molar-refractivity contribution is 9.10. The van der Waals surface area contributed by atoms with Gasteiger partial charge in [0.15, 0.2) is 9.84 Å². The van der Waals surface area contributed by atoms with E-state index in [1.54, 1.807) is 0 Å². The summed E-state index contributed by atoms with van der Waals surface area (Å²) in [6.45, 7) is 0.951. The Hall–Kier alpha value is -0.390. The van der Waals surface area contributed by atoms with Crippen LogP contribution in [0.15, 0.2) is 28.7 Å². The molecule has 3 nitrogen and oxygen atoms in total. The Morgan fingerprint density at radius 3 is 2.47 bits per heavy atom. The number of sulfone groups is 1. The van der Waals surface area contributed by atoms with Crippen LogP contribution in [0, 0.1) is 0 Å². The highest BCUT2D eigenvalue weighted by Crippen LogP contribution is 2.12. The first-order chi connectivity index (χ1) is 8.05. The minimum atomic E-state index is -2.92. The van der Waals surface area contributed by atoms with Crippen LogP contribution in [-0.2, 0) is 16.3 Å². The number of aryl methyl sites for hydroxylation is 1. The smallest absolute Gasteiger partial charge is 0.152 e. The van der Waals surface area contributed by atoms with E-state index in [0.717, 1.165) is 23.0 Å². The molecular formula is C12H16BrNO2S. The third kappa shape index (κ3) is 4.08. The van der Waals surface area contributed by atoms with Gasteiger partial charge in [0.1, 0.15) is 0 Å². The standard InChI is InChI=1S/C12H16BrNO2S/c13-11-3-1-10(2-4-11)6-8-17(15,16)9-12-5-7-14-12/h1-4,12,14H,5-9H2. The molecule has 1 fully saturated rings. The molecule has 0 aliphatic carbocycles. The van der Waals surface area contributed by atoms with Gasteiger partial charge in [-0.3, -0.25) is 0 Å². The van der Waals surface area contributed by atoms with Gasteiger partial charge in [-0.15, -0.1) is 0 Å². The normalized spacial score (nSPS) is 19.9. The van der Waals surface area contributed by atoms with Gasteiger partial charge in [0.2, 0.25) is 0 Å². The van der Waals surface area contributed by atoms with Gasteiger partial charge < -0.3 is 5.32 Å². The second kappa shape index (κ2) is 5.50. The maximum Gasteiger partial charge on any atom is 0.152 e. The summed E-state index contributed by atoms with van der Waals surface area (Å²) in [5.41, 5.74) is 1.07. The number of benzene rings is 1. The fourth-order valence-electron chi connectivity index (χ4n) is 1.81. The molecule has 5 heteroatoms. The van der Waals surface area contributed by atoms with Gasteiger partial charge >= 0.3 is 0 Å². The van der Waals surface area contributed by atoms with E-state index in [1.165, 1.54) is 0 Å². The molecular weight excluding hydrogens is 302 g/mol. The van der Waals surface area contributed by atoms with Gasteiger partial charge in [-0.25, -0.2) is 8.42 Å². The van der Waals surface area contributed by atoms with Crippen molar-refractivity contribution in [1.29, 1.82) is 0 Å². The molecule has 2 rings (SSSR count). The quantitative estimate of drug-likeness (QED) is 0.900. The van der Waals surface area contributed by atoms with Crippen molar-refractivity contribution >= 4 is 25.8 Å². The molecule has 0 aromatic heterocycles.